The summed E-state index contributed by atoms with van der Waals surface area (Å²) in [5.74, 6) is 0.0957. The first kappa shape index (κ1) is 16.0. The van der Waals surface area contributed by atoms with E-state index in [9.17, 15) is 4.79 Å². The standard InChI is InChI=1S/C15H27N5O/c1-4-18(5-2)8-9-19-10-12-20(13-11-19)15(21)14-6-7-16-17(14)3/h6-7H,4-5,8-13H2,1-3H3. The van der Waals surface area contributed by atoms with Crippen molar-refractivity contribution in [3.63, 3.8) is 0 Å². The second-order valence-electron chi connectivity index (χ2n) is 5.50. The van der Waals surface area contributed by atoms with E-state index in [1.54, 1.807) is 16.9 Å². The minimum atomic E-state index is 0.0957. The Labute approximate surface area is 127 Å². The van der Waals surface area contributed by atoms with Crippen molar-refractivity contribution in [1.29, 1.82) is 0 Å². The number of aryl methyl sites for hydroxylation is 1. The summed E-state index contributed by atoms with van der Waals surface area (Å²) >= 11 is 0. The van der Waals surface area contributed by atoms with Gasteiger partial charge in [-0.25, -0.2) is 0 Å². The Bertz CT molecular complexity index is 447. The lowest BCUT2D eigenvalue weighted by molar-refractivity contribution is 0.0614. The van der Waals surface area contributed by atoms with Crippen molar-refractivity contribution in [1.82, 2.24) is 24.5 Å². The van der Waals surface area contributed by atoms with Crippen LogP contribution in [0, 0.1) is 0 Å². The number of hydrogen-bond acceptors (Lipinski definition) is 4. The fraction of sp³-hybridized carbons (Fsp3) is 0.733. The van der Waals surface area contributed by atoms with Gasteiger partial charge in [-0.05, 0) is 19.2 Å². The van der Waals surface area contributed by atoms with E-state index < -0.39 is 0 Å². The average Bonchev–Trinajstić information content (AvgIpc) is 2.94. The Kier molecular flexibility index (Phi) is 5.76. The average molecular weight is 293 g/mol. The van der Waals surface area contributed by atoms with E-state index in [1.165, 1.54) is 0 Å². The molecule has 1 fully saturated rings. The van der Waals surface area contributed by atoms with Crippen LogP contribution in [-0.2, 0) is 7.05 Å². The molecule has 118 valence electrons. The zero-order valence-corrected chi connectivity index (χ0v) is 13.5. The number of hydrogen-bond donors (Lipinski definition) is 0. The van der Waals surface area contributed by atoms with Crippen molar-refractivity contribution in [3.05, 3.63) is 18.0 Å². The molecule has 0 unspecified atom stereocenters. The van der Waals surface area contributed by atoms with Crippen LogP contribution in [0.2, 0.25) is 0 Å². The largest absolute Gasteiger partial charge is 0.335 e. The molecule has 0 saturated carbocycles. The van der Waals surface area contributed by atoms with Gasteiger partial charge in [0.2, 0.25) is 0 Å². The van der Waals surface area contributed by atoms with Gasteiger partial charge < -0.3 is 9.80 Å². The van der Waals surface area contributed by atoms with E-state index in [0.29, 0.717) is 5.69 Å². The Balaban J connectivity index is 1.78. The summed E-state index contributed by atoms with van der Waals surface area (Å²) in [6.07, 6.45) is 1.67. The molecule has 0 aromatic carbocycles. The first-order chi connectivity index (χ1) is 10.2. The van der Waals surface area contributed by atoms with Crippen molar-refractivity contribution >= 4 is 5.91 Å². The van der Waals surface area contributed by atoms with Crippen LogP contribution < -0.4 is 0 Å². The Morgan fingerprint density at radius 3 is 2.43 bits per heavy atom. The summed E-state index contributed by atoms with van der Waals surface area (Å²) in [5, 5.41) is 4.07. The van der Waals surface area contributed by atoms with Crippen LogP contribution in [0.3, 0.4) is 0 Å². The molecule has 2 heterocycles. The van der Waals surface area contributed by atoms with Gasteiger partial charge in [-0.2, -0.15) is 5.10 Å². The van der Waals surface area contributed by atoms with Crippen LogP contribution in [0.1, 0.15) is 24.3 Å². The summed E-state index contributed by atoms with van der Waals surface area (Å²) in [4.78, 5) is 19.2. The molecule has 0 aliphatic carbocycles. The van der Waals surface area contributed by atoms with Gasteiger partial charge in [0.15, 0.2) is 0 Å². The Morgan fingerprint density at radius 2 is 1.90 bits per heavy atom. The second kappa shape index (κ2) is 7.56. The fourth-order valence-electron chi connectivity index (χ4n) is 2.74. The van der Waals surface area contributed by atoms with E-state index in [0.717, 1.165) is 52.4 Å². The molecular formula is C15H27N5O. The topological polar surface area (TPSA) is 44.6 Å². The summed E-state index contributed by atoms with van der Waals surface area (Å²) in [5.41, 5.74) is 0.673. The van der Waals surface area contributed by atoms with Crippen molar-refractivity contribution in [2.45, 2.75) is 13.8 Å². The number of carbonyl (C=O) groups excluding carboxylic acids is 1. The number of amides is 1. The lowest BCUT2D eigenvalue weighted by Crippen LogP contribution is -2.50. The maximum Gasteiger partial charge on any atom is 0.272 e. The highest BCUT2D eigenvalue weighted by atomic mass is 16.2. The number of aromatic nitrogens is 2. The van der Waals surface area contributed by atoms with Crippen LogP contribution in [0.15, 0.2) is 12.3 Å². The van der Waals surface area contributed by atoms with Gasteiger partial charge in [0.25, 0.3) is 5.91 Å². The van der Waals surface area contributed by atoms with Crippen LogP contribution in [0.4, 0.5) is 0 Å². The molecule has 1 aliphatic rings. The van der Waals surface area contributed by atoms with Gasteiger partial charge in [0.05, 0.1) is 0 Å². The molecule has 1 aromatic heterocycles. The third-order valence-corrected chi connectivity index (χ3v) is 4.33. The Morgan fingerprint density at radius 1 is 1.24 bits per heavy atom. The molecule has 0 bridgehead atoms. The normalized spacial score (nSPS) is 16.7. The van der Waals surface area contributed by atoms with Crippen LogP contribution in [0.5, 0.6) is 0 Å². The zero-order chi connectivity index (χ0) is 15.2. The highest BCUT2D eigenvalue weighted by Gasteiger charge is 2.23. The molecule has 0 N–H and O–H groups in total. The van der Waals surface area contributed by atoms with Crippen LogP contribution in [0.25, 0.3) is 0 Å². The van der Waals surface area contributed by atoms with Gasteiger partial charge in [-0.15, -0.1) is 0 Å². The molecule has 0 radical (unpaired) electrons. The summed E-state index contributed by atoms with van der Waals surface area (Å²) in [6, 6.07) is 1.79. The summed E-state index contributed by atoms with van der Waals surface area (Å²) in [7, 11) is 1.81. The van der Waals surface area contributed by atoms with Crippen LogP contribution in [-0.4, -0.2) is 82.7 Å². The molecule has 6 heteroatoms. The smallest absolute Gasteiger partial charge is 0.272 e. The number of rotatable bonds is 6. The molecular weight excluding hydrogens is 266 g/mol. The fourth-order valence-corrected chi connectivity index (χ4v) is 2.74. The van der Waals surface area contributed by atoms with Crippen molar-refractivity contribution in [3.8, 4) is 0 Å². The molecule has 6 nitrogen and oxygen atoms in total. The molecule has 0 atom stereocenters. The van der Waals surface area contributed by atoms with E-state index in [2.05, 4.69) is 28.7 Å². The van der Waals surface area contributed by atoms with Crippen molar-refractivity contribution < 1.29 is 4.79 Å². The monoisotopic (exact) mass is 293 g/mol. The minimum absolute atomic E-state index is 0.0957. The van der Waals surface area contributed by atoms with E-state index in [-0.39, 0.29) is 5.91 Å². The predicted octanol–water partition coefficient (Wildman–Crippen LogP) is 0.520. The quantitative estimate of drug-likeness (QED) is 0.767. The SMILES string of the molecule is CCN(CC)CCN1CCN(C(=O)c2ccnn2C)CC1. The van der Waals surface area contributed by atoms with Gasteiger partial charge in [-0.1, -0.05) is 13.8 Å². The van der Waals surface area contributed by atoms with E-state index in [1.807, 2.05) is 11.9 Å². The zero-order valence-electron chi connectivity index (χ0n) is 13.5. The maximum atomic E-state index is 12.4. The highest BCUT2D eigenvalue weighted by molar-refractivity contribution is 5.92. The summed E-state index contributed by atoms with van der Waals surface area (Å²) < 4.78 is 1.65. The molecule has 2 rings (SSSR count). The number of carbonyl (C=O) groups is 1. The molecule has 0 spiro atoms. The summed E-state index contributed by atoms with van der Waals surface area (Å²) in [6.45, 7) is 12.4. The van der Waals surface area contributed by atoms with Crippen molar-refractivity contribution in [2.24, 2.45) is 7.05 Å². The molecule has 1 amide bonds. The number of piperazine rings is 1. The van der Waals surface area contributed by atoms with E-state index >= 15 is 0 Å². The van der Waals surface area contributed by atoms with Gasteiger partial charge >= 0.3 is 0 Å². The molecule has 1 saturated heterocycles. The first-order valence-corrected chi connectivity index (χ1v) is 7.87. The predicted molar refractivity (Wildman–Crippen MR) is 83.3 cm³/mol. The highest BCUT2D eigenvalue weighted by Crippen LogP contribution is 2.08. The van der Waals surface area contributed by atoms with Gasteiger partial charge in [0, 0.05) is 52.5 Å². The second-order valence-corrected chi connectivity index (χ2v) is 5.50. The lowest BCUT2D eigenvalue weighted by atomic mass is 10.2. The third kappa shape index (κ3) is 4.04. The molecule has 1 aliphatic heterocycles. The van der Waals surface area contributed by atoms with Crippen LogP contribution >= 0.6 is 0 Å². The number of likely N-dealkylation sites (N-methyl/N-ethyl adjacent to an activating group) is 1. The maximum absolute atomic E-state index is 12.4. The first-order valence-electron chi connectivity index (χ1n) is 7.87. The van der Waals surface area contributed by atoms with Gasteiger partial charge in [-0.3, -0.25) is 14.4 Å². The van der Waals surface area contributed by atoms with E-state index in [4.69, 9.17) is 0 Å². The molecule has 21 heavy (non-hydrogen) atoms. The number of nitrogens with zero attached hydrogens (tertiary/aromatic N) is 5. The minimum Gasteiger partial charge on any atom is -0.335 e. The Hall–Kier alpha value is -1.40. The molecule has 1 aromatic rings. The van der Waals surface area contributed by atoms with Gasteiger partial charge in [0.1, 0.15) is 5.69 Å². The lowest BCUT2D eigenvalue weighted by Gasteiger charge is -2.35. The van der Waals surface area contributed by atoms with Crippen molar-refractivity contribution in [2.75, 3.05) is 52.4 Å². The third-order valence-electron chi connectivity index (χ3n) is 4.33.